The van der Waals surface area contributed by atoms with E-state index in [9.17, 15) is 8.42 Å². The summed E-state index contributed by atoms with van der Waals surface area (Å²) in [6.45, 7) is 4.88. The maximum absolute atomic E-state index is 12.1. The second-order valence-electron chi connectivity index (χ2n) is 3.64. The quantitative estimate of drug-likeness (QED) is 0.745. The SMILES string of the molecule is CC1=C(C#N)S(=O)(=O)c2c(oc(C)c2C)N1. The summed E-state index contributed by atoms with van der Waals surface area (Å²) < 4.78 is 29.5. The molecule has 5 nitrogen and oxygen atoms in total. The van der Waals surface area contributed by atoms with Crippen LogP contribution in [0.1, 0.15) is 18.2 Å². The van der Waals surface area contributed by atoms with E-state index in [1.54, 1.807) is 19.9 Å². The molecule has 16 heavy (non-hydrogen) atoms. The minimum atomic E-state index is -3.73. The van der Waals surface area contributed by atoms with Gasteiger partial charge in [-0.2, -0.15) is 5.26 Å². The third-order valence-corrected chi connectivity index (χ3v) is 4.57. The van der Waals surface area contributed by atoms with Crippen molar-refractivity contribution in [2.75, 3.05) is 5.32 Å². The molecular weight excluding hydrogens is 228 g/mol. The number of hydrogen-bond donors (Lipinski definition) is 1. The first-order valence-corrected chi connectivity index (χ1v) is 6.11. The first-order valence-electron chi connectivity index (χ1n) is 4.62. The molecule has 1 aromatic heterocycles. The van der Waals surface area contributed by atoms with Crippen LogP contribution in [0.5, 0.6) is 0 Å². The lowest BCUT2D eigenvalue weighted by Gasteiger charge is -2.14. The van der Waals surface area contributed by atoms with Crippen molar-refractivity contribution >= 4 is 15.7 Å². The molecule has 1 aromatic rings. The molecule has 1 aliphatic rings. The molecule has 0 atom stereocenters. The minimum absolute atomic E-state index is 0.0761. The number of nitrogens with zero attached hydrogens (tertiary/aromatic N) is 1. The van der Waals surface area contributed by atoms with Gasteiger partial charge in [0.25, 0.3) is 0 Å². The summed E-state index contributed by atoms with van der Waals surface area (Å²) in [4.78, 5) is -0.170. The summed E-state index contributed by atoms with van der Waals surface area (Å²) in [5.74, 6) is 0.736. The zero-order valence-corrected chi connectivity index (χ0v) is 9.90. The number of rotatable bonds is 0. The van der Waals surface area contributed by atoms with E-state index in [0.717, 1.165) is 0 Å². The van der Waals surface area contributed by atoms with Crippen LogP contribution in [-0.2, 0) is 9.84 Å². The Labute approximate surface area is 93.3 Å². The zero-order valence-electron chi connectivity index (χ0n) is 9.08. The smallest absolute Gasteiger partial charge is 0.224 e. The minimum Gasteiger partial charge on any atom is -0.444 e. The maximum atomic E-state index is 12.1. The van der Waals surface area contributed by atoms with Gasteiger partial charge in [-0.15, -0.1) is 0 Å². The molecule has 0 spiro atoms. The fourth-order valence-corrected chi connectivity index (χ4v) is 3.35. The number of aryl methyl sites for hydroxylation is 1. The number of fused-ring (bicyclic) bond motifs is 1. The second-order valence-corrected chi connectivity index (χ2v) is 5.46. The second kappa shape index (κ2) is 3.12. The largest absolute Gasteiger partial charge is 0.444 e. The number of nitrogens with one attached hydrogen (secondary N) is 1. The molecule has 0 saturated heterocycles. The van der Waals surface area contributed by atoms with E-state index in [2.05, 4.69) is 5.32 Å². The van der Waals surface area contributed by atoms with Crippen molar-refractivity contribution in [1.82, 2.24) is 0 Å². The van der Waals surface area contributed by atoms with E-state index in [-0.39, 0.29) is 15.7 Å². The molecule has 1 aliphatic heterocycles. The Morgan fingerprint density at radius 1 is 1.31 bits per heavy atom. The van der Waals surface area contributed by atoms with Gasteiger partial charge in [0.05, 0.1) is 0 Å². The summed E-state index contributed by atoms with van der Waals surface area (Å²) in [6.07, 6.45) is 0. The molecule has 0 saturated carbocycles. The Hall–Kier alpha value is -1.74. The van der Waals surface area contributed by atoms with E-state index in [1.165, 1.54) is 6.92 Å². The number of anilines is 1. The predicted octanol–water partition coefficient (Wildman–Crippen LogP) is 1.85. The van der Waals surface area contributed by atoms with Crippen LogP contribution in [-0.4, -0.2) is 8.42 Å². The van der Waals surface area contributed by atoms with Gasteiger partial charge >= 0.3 is 0 Å². The van der Waals surface area contributed by atoms with Crippen LogP contribution < -0.4 is 5.32 Å². The monoisotopic (exact) mass is 238 g/mol. The Morgan fingerprint density at radius 3 is 2.50 bits per heavy atom. The third kappa shape index (κ3) is 1.18. The van der Waals surface area contributed by atoms with Crippen molar-refractivity contribution in [3.8, 4) is 6.07 Å². The van der Waals surface area contributed by atoms with E-state index in [4.69, 9.17) is 9.68 Å². The molecule has 0 fully saturated rings. The summed E-state index contributed by atoms with van der Waals surface area (Å²) >= 11 is 0. The van der Waals surface area contributed by atoms with Crippen molar-refractivity contribution in [3.05, 3.63) is 21.9 Å². The lowest BCUT2D eigenvalue weighted by Crippen LogP contribution is -2.16. The number of nitriles is 1. The Kier molecular flexibility index (Phi) is 2.10. The maximum Gasteiger partial charge on any atom is 0.224 e. The number of hydrogen-bond acceptors (Lipinski definition) is 5. The fraction of sp³-hybridized carbons (Fsp3) is 0.300. The third-order valence-electron chi connectivity index (χ3n) is 2.61. The van der Waals surface area contributed by atoms with Gasteiger partial charge in [-0.25, -0.2) is 8.42 Å². The zero-order chi connectivity index (χ0) is 12.1. The molecular formula is C10H10N2O3S. The highest BCUT2D eigenvalue weighted by molar-refractivity contribution is 7.95. The summed E-state index contributed by atoms with van der Waals surface area (Å²) in [7, 11) is -3.73. The first kappa shape index (κ1) is 10.8. The Balaban J connectivity index is 2.84. The van der Waals surface area contributed by atoms with Gasteiger partial charge in [0.1, 0.15) is 16.7 Å². The molecule has 0 aromatic carbocycles. The van der Waals surface area contributed by atoms with E-state index < -0.39 is 9.84 Å². The highest BCUT2D eigenvalue weighted by atomic mass is 32.2. The molecule has 0 unspecified atom stereocenters. The van der Waals surface area contributed by atoms with Crippen LogP contribution in [0, 0.1) is 25.2 Å². The Bertz CT molecular complexity index is 644. The van der Waals surface area contributed by atoms with Gasteiger partial charge in [-0.1, -0.05) is 0 Å². The average Bonchev–Trinajstić information content (AvgIpc) is 2.42. The summed E-state index contributed by atoms with van der Waals surface area (Å²) in [6, 6.07) is 1.71. The molecule has 0 amide bonds. The van der Waals surface area contributed by atoms with E-state index in [1.807, 2.05) is 0 Å². The van der Waals surface area contributed by atoms with Crippen LogP contribution in [0.25, 0.3) is 0 Å². The summed E-state index contributed by atoms with van der Waals surface area (Å²) in [5.41, 5.74) is 0.839. The molecule has 2 rings (SSSR count). The number of furan rings is 1. The normalized spacial score (nSPS) is 17.6. The number of sulfone groups is 1. The van der Waals surface area contributed by atoms with Gasteiger partial charge in [0, 0.05) is 11.3 Å². The molecule has 0 radical (unpaired) electrons. The van der Waals surface area contributed by atoms with Gasteiger partial charge in [0.2, 0.25) is 15.7 Å². The van der Waals surface area contributed by atoms with Crippen LogP contribution in [0.3, 0.4) is 0 Å². The highest BCUT2D eigenvalue weighted by Crippen LogP contribution is 2.39. The van der Waals surface area contributed by atoms with Crippen molar-refractivity contribution in [3.63, 3.8) is 0 Å². The molecule has 84 valence electrons. The highest BCUT2D eigenvalue weighted by Gasteiger charge is 2.36. The predicted molar refractivity (Wildman–Crippen MR) is 57.3 cm³/mol. The topological polar surface area (TPSA) is 83.1 Å². The summed E-state index contributed by atoms with van der Waals surface area (Å²) in [5, 5.41) is 11.7. The average molecular weight is 238 g/mol. The van der Waals surface area contributed by atoms with Crippen LogP contribution in [0.2, 0.25) is 0 Å². The molecule has 2 heterocycles. The molecule has 1 N–H and O–H groups in total. The number of allylic oxidation sites excluding steroid dienone is 2. The lowest BCUT2D eigenvalue weighted by molar-refractivity contribution is 0.541. The van der Waals surface area contributed by atoms with Crippen molar-refractivity contribution in [1.29, 1.82) is 5.26 Å². The van der Waals surface area contributed by atoms with Crippen molar-refractivity contribution < 1.29 is 12.8 Å². The van der Waals surface area contributed by atoms with Gasteiger partial charge in [-0.05, 0) is 20.8 Å². The van der Waals surface area contributed by atoms with E-state index >= 15 is 0 Å². The van der Waals surface area contributed by atoms with E-state index in [0.29, 0.717) is 17.0 Å². The van der Waals surface area contributed by atoms with Crippen molar-refractivity contribution in [2.24, 2.45) is 0 Å². The van der Waals surface area contributed by atoms with Gasteiger partial charge in [-0.3, -0.25) is 0 Å². The molecule has 6 heteroatoms. The lowest BCUT2D eigenvalue weighted by atomic mass is 10.3. The molecule has 0 aliphatic carbocycles. The van der Waals surface area contributed by atoms with Crippen molar-refractivity contribution in [2.45, 2.75) is 25.7 Å². The van der Waals surface area contributed by atoms with Crippen LogP contribution in [0.15, 0.2) is 19.9 Å². The Morgan fingerprint density at radius 2 is 1.94 bits per heavy atom. The van der Waals surface area contributed by atoms with Gasteiger partial charge in [0.15, 0.2) is 4.91 Å². The van der Waals surface area contributed by atoms with Crippen LogP contribution >= 0.6 is 0 Å². The first-order chi connectivity index (χ1) is 7.39. The fourth-order valence-electron chi connectivity index (χ4n) is 1.69. The standard InChI is InChI=1S/C10H10N2O3S/c1-5-7(3)15-10-9(5)16(13,14)8(4-11)6(2)12-10/h12H,1-3H3. The van der Waals surface area contributed by atoms with Crippen LogP contribution in [0.4, 0.5) is 5.88 Å². The van der Waals surface area contributed by atoms with Gasteiger partial charge < -0.3 is 9.73 Å². The molecule has 0 bridgehead atoms.